The molecule has 1 aliphatic carbocycles. The second-order valence-electron chi connectivity index (χ2n) is 7.19. The summed E-state index contributed by atoms with van der Waals surface area (Å²) < 4.78 is 16.2. The second-order valence-corrected chi connectivity index (χ2v) is 7.57. The van der Waals surface area contributed by atoms with E-state index in [-0.39, 0.29) is 24.9 Å². The maximum absolute atomic E-state index is 12.6. The number of hydrogen-bond acceptors (Lipinski definition) is 6. The lowest BCUT2D eigenvalue weighted by Gasteiger charge is -2.37. The highest BCUT2D eigenvalue weighted by Gasteiger charge is 2.55. The summed E-state index contributed by atoms with van der Waals surface area (Å²) in [6.45, 7) is 2.06. The molecule has 1 heterocycles. The van der Waals surface area contributed by atoms with E-state index in [9.17, 15) is 14.7 Å². The molecular weight excluding hydrogens is 386 g/mol. The first-order valence-corrected chi connectivity index (χ1v) is 9.75. The lowest BCUT2D eigenvalue weighted by atomic mass is 9.81. The zero-order valence-corrected chi connectivity index (χ0v) is 16.4. The van der Waals surface area contributed by atoms with Crippen LogP contribution in [0.1, 0.15) is 25.3 Å². The number of fused-ring (bicyclic) bond motifs is 1. The van der Waals surface area contributed by atoms with Crippen molar-refractivity contribution < 1.29 is 28.9 Å². The summed E-state index contributed by atoms with van der Waals surface area (Å²) in [6, 6.07) is 9.36. The summed E-state index contributed by atoms with van der Waals surface area (Å²) in [5.74, 6) is -1.14. The topological polar surface area (TPSA) is 94.1 Å². The van der Waals surface area contributed by atoms with Crippen LogP contribution in [0.2, 0.25) is 0 Å². The van der Waals surface area contributed by atoms with Crippen molar-refractivity contribution in [3.63, 3.8) is 0 Å². The van der Waals surface area contributed by atoms with Gasteiger partial charge in [-0.2, -0.15) is 0 Å². The van der Waals surface area contributed by atoms with Crippen LogP contribution < -0.4 is 5.32 Å². The van der Waals surface area contributed by atoms with Crippen LogP contribution in [0.3, 0.4) is 0 Å². The Morgan fingerprint density at radius 2 is 2.11 bits per heavy atom. The predicted molar refractivity (Wildman–Crippen MR) is 101 cm³/mol. The van der Waals surface area contributed by atoms with E-state index in [1.54, 1.807) is 6.92 Å². The molecule has 2 aliphatic rings. The molecule has 3 unspecified atom stereocenters. The van der Waals surface area contributed by atoms with Crippen molar-refractivity contribution >= 4 is 23.7 Å². The van der Waals surface area contributed by atoms with Crippen LogP contribution in [-0.4, -0.2) is 41.5 Å². The summed E-state index contributed by atoms with van der Waals surface area (Å²) in [6.07, 6.45) is 0.628. The Balaban J connectivity index is 1.69. The predicted octanol–water partition coefficient (Wildman–Crippen LogP) is 2.71. The van der Waals surface area contributed by atoms with Gasteiger partial charge in [-0.1, -0.05) is 30.3 Å². The van der Waals surface area contributed by atoms with Crippen LogP contribution in [0.5, 0.6) is 0 Å². The minimum absolute atomic E-state index is 0.144. The maximum atomic E-state index is 12.6. The number of carbonyl (C=O) groups is 2. The third-order valence-corrected chi connectivity index (χ3v) is 5.36. The first kappa shape index (κ1) is 20.5. The first-order chi connectivity index (χ1) is 13.4. The van der Waals surface area contributed by atoms with E-state index in [4.69, 9.17) is 25.8 Å². The molecule has 1 fully saturated rings. The number of alkyl carbamates (subject to hydrolysis) is 1. The Bertz CT molecular complexity index is 735. The van der Waals surface area contributed by atoms with Gasteiger partial charge in [0.25, 0.3) is 6.29 Å². The summed E-state index contributed by atoms with van der Waals surface area (Å²) in [5, 5.41) is 13.3. The van der Waals surface area contributed by atoms with Gasteiger partial charge in [0.05, 0.1) is 23.4 Å². The maximum Gasteiger partial charge on any atom is 0.410 e. The van der Waals surface area contributed by atoms with Gasteiger partial charge in [0.1, 0.15) is 6.61 Å². The van der Waals surface area contributed by atoms with E-state index in [1.807, 2.05) is 30.3 Å². The molecule has 4 atom stereocenters. The van der Waals surface area contributed by atoms with Crippen molar-refractivity contribution in [2.24, 2.45) is 11.8 Å². The molecule has 152 valence electrons. The fourth-order valence-corrected chi connectivity index (χ4v) is 3.87. The number of carbonyl (C=O) groups excluding carboxylic acids is 2. The zero-order chi connectivity index (χ0) is 20.1. The zero-order valence-electron chi connectivity index (χ0n) is 15.6. The Labute approximate surface area is 168 Å². The molecule has 1 aliphatic heterocycles. The lowest BCUT2D eigenvalue weighted by Crippen LogP contribution is -2.47. The number of alkyl halides is 1. The van der Waals surface area contributed by atoms with E-state index in [0.29, 0.717) is 18.4 Å². The highest BCUT2D eigenvalue weighted by Crippen LogP contribution is 2.49. The van der Waals surface area contributed by atoms with Gasteiger partial charge >= 0.3 is 12.1 Å². The number of nitrogens with one attached hydrogen (secondary N) is 1. The normalized spacial score (nSPS) is 28.5. The largest absolute Gasteiger partial charge is 0.461 e. The van der Waals surface area contributed by atoms with Crippen LogP contribution in [0.15, 0.2) is 42.2 Å². The Hall–Kier alpha value is -2.25. The van der Waals surface area contributed by atoms with Crippen LogP contribution in [-0.2, 0) is 25.6 Å². The Morgan fingerprint density at radius 3 is 2.82 bits per heavy atom. The average molecular weight is 410 g/mol. The molecule has 2 N–H and O–H groups in total. The third kappa shape index (κ3) is 4.59. The number of ether oxygens (including phenoxy) is 3. The van der Waals surface area contributed by atoms with Gasteiger partial charge in [-0.3, -0.25) is 0 Å². The molecule has 1 amide bonds. The second kappa shape index (κ2) is 8.84. The molecule has 0 saturated heterocycles. The van der Waals surface area contributed by atoms with Gasteiger partial charge in [0, 0.05) is 18.3 Å². The number of hydrogen-bond donors (Lipinski definition) is 2. The van der Waals surface area contributed by atoms with Gasteiger partial charge in [0.2, 0.25) is 0 Å². The van der Waals surface area contributed by atoms with Gasteiger partial charge in [0.15, 0.2) is 0 Å². The van der Waals surface area contributed by atoms with Gasteiger partial charge in [-0.15, -0.1) is 11.6 Å². The van der Waals surface area contributed by atoms with Gasteiger partial charge in [-0.25, -0.2) is 9.59 Å². The quantitative estimate of drug-likeness (QED) is 0.554. The lowest BCUT2D eigenvalue weighted by molar-refractivity contribution is -0.167. The molecular formula is C20H24ClNO6. The van der Waals surface area contributed by atoms with E-state index >= 15 is 0 Å². The summed E-state index contributed by atoms with van der Waals surface area (Å²) >= 11 is 5.55. The van der Waals surface area contributed by atoms with Gasteiger partial charge in [-0.05, 0) is 25.3 Å². The summed E-state index contributed by atoms with van der Waals surface area (Å²) in [7, 11) is 0. The van der Waals surface area contributed by atoms with Crippen molar-refractivity contribution in [3.05, 3.63) is 47.7 Å². The fraction of sp³-hybridized carbons (Fsp3) is 0.500. The molecule has 3 rings (SSSR count). The number of esters is 1. The number of benzene rings is 1. The molecule has 0 spiro atoms. The number of amides is 1. The Kier molecular flexibility index (Phi) is 6.46. The number of halogens is 1. The van der Waals surface area contributed by atoms with Crippen molar-refractivity contribution in [1.29, 1.82) is 0 Å². The van der Waals surface area contributed by atoms with Crippen molar-refractivity contribution in [2.45, 2.75) is 38.3 Å². The highest BCUT2D eigenvalue weighted by molar-refractivity contribution is 6.18. The van der Waals surface area contributed by atoms with Crippen molar-refractivity contribution in [2.75, 3.05) is 12.4 Å². The highest BCUT2D eigenvalue weighted by atomic mass is 35.5. The molecule has 8 heteroatoms. The standard InChI is InChI=1S/C20H24ClNO6/c1-20(25)8-7-14-15(17(23)26-11-13-5-3-2-4-6-13)12-27-18(16(14)20)28-19(24)22-10-9-21/h2-6,12,14,16,18,25H,7-11H2,1H3,(H,22,24)/t14?,16?,18?,20-/m1/s1. The monoisotopic (exact) mass is 409 g/mol. The molecule has 1 saturated carbocycles. The van der Waals surface area contributed by atoms with Gasteiger partial charge < -0.3 is 24.6 Å². The minimum atomic E-state index is -1.14. The molecule has 0 bridgehead atoms. The molecule has 1 aromatic carbocycles. The van der Waals surface area contributed by atoms with E-state index in [1.165, 1.54) is 6.26 Å². The minimum Gasteiger partial charge on any atom is -0.461 e. The van der Waals surface area contributed by atoms with E-state index < -0.39 is 29.9 Å². The molecule has 7 nitrogen and oxygen atoms in total. The van der Waals surface area contributed by atoms with Crippen molar-refractivity contribution in [1.82, 2.24) is 5.32 Å². The summed E-state index contributed by atoms with van der Waals surface area (Å²) in [4.78, 5) is 24.5. The van der Waals surface area contributed by atoms with Crippen LogP contribution in [0, 0.1) is 11.8 Å². The van der Waals surface area contributed by atoms with E-state index in [0.717, 1.165) is 5.56 Å². The first-order valence-electron chi connectivity index (χ1n) is 9.22. The van der Waals surface area contributed by atoms with Crippen LogP contribution in [0.25, 0.3) is 0 Å². The number of aliphatic hydroxyl groups is 1. The molecule has 28 heavy (non-hydrogen) atoms. The molecule has 0 radical (unpaired) electrons. The fourth-order valence-electron chi connectivity index (χ4n) is 3.78. The van der Waals surface area contributed by atoms with Crippen LogP contribution in [0.4, 0.5) is 4.79 Å². The van der Waals surface area contributed by atoms with E-state index in [2.05, 4.69) is 5.32 Å². The third-order valence-electron chi connectivity index (χ3n) is 5.17. The van der Waals surface area contributed by atoms with Crippen LogP contribution >= 0.6 is 11.6 Å². The smallest absolute Gasteiger partial charge is 0.410 e. The number of rotatable bonds is 6. The average Bonchev–Trinajstić information content (AvgIpc) is 3.01. The molecule has 1 aromatic rings. The Morgan fingerprint density at radius 1 is 1.36 bits per heavy atom. The van der Waals surface area contributed by atoms with Crippen molar-refractivity contribution in [3.8, 4) is 0 Å². The molecule has 0 aromatic heterocycles. The SMILES string of the molecule is C[C@@]1(O)CCC2C(C(=O)OCc3ccccc3)=COC(OC(=O)NCCCl)C21. The summed E-state index contributed by atoms with van der Waals surface area (Å²) in [5.41, 5.74) is 0.0847.